The van der Waals surface area contributed by atoms with Crippen molar-refractivity contribution in [3.8, 4) is 5.69 Å². The van der Waals surface area contributed by atoms with Crippen LogP contribution in [-0.4, -0.2) is 62.1 Å². The van der Waals surface area contributed by atoms with Gasteiger partial charge in [-0.05, 0) is 52.9 Å². The molecule has 1 saturated heterocycles. The highest BCUT2D eigenvalue weighted by Gasteiger charge is 2.38. The summed E-state index contributed by atoms with van der Waals surface area (Å²) in [4.78, 5) is 15.8. The van der Waals surface area contributed by atoms with Crippen molar-refractivity contribution >= 4 is 5.91 Å². The van der Waals surface area contributed by atoms with Gasteiger partial charge in [-0.1, -0.05) is 0 Å². The van der Waals surface area contributed by atoms with Crippen LogP contribution in [0.5, 0.6) is 0 Å². The van der Waals surface area contributed by atoms with E-state index in [4.69, 9.17) is 0 Å². The van der Waals surface area contributed by atoms with Crippen LogP contribution in [0, 0.1) is 5.82 Å². The van der Waals surface area contributed by atoms with E-state index < -0.39 is 40.8 Å². The van der Waals surface area contributed by atoms with Crippen molar-refractivity contribution in [1.82, 2.24) is 30.0 Å². The lowest BCUT2D eigenvalue weighted by molar-refractivity contribution is -0.143. The minimum Gasteiger partial charge on any atom is -0.336 e. The average molecular weight is 502 g/mol. The fraction of sp³-hybridized carbons (Fsp3) is 0.333. The second kappa shape index (κ2) is 9.24. The highest BCUT2D eigenvalue weighted by atomic mass is 19.4. The maximum Gasteiger partial charge on any atom is 0.416 e. The summed E-state index contributed by atoms with van der Waals surface area (Å²) in [5.74, 6) is -0.909. The molecule has 186 valence electrons. The van der Waals surface area contributed by atoms with Crippen LogP contribution in [0.3, 0.4) is 0 Å². The van der Waals surface area contributed by atoms with Crippen molar-refractivity contribution in [3.63, 3.8) is 0 Å². The highest BCUT2D eigenvalue weighted by molar-refractivity contribution is 5.94. The van der Waals surface area contributed by atoms with Crippen LogP contribution in [0.15, 0.2) is 42.5 Å². The molecule has 0 bridgehead atoms. The van der Waals surface area contributed by atoms with Crippen LogP contribution in [0.1, 0.15) is 27.3 Å². The number of tetrazole rings is 1. The smallest absolute Gasteiger partial charge is 0.336 e. The first kappa shape index (κ1) is 24.6. The molecule has 2 aromatic carbocycles. The summed E-state index contributed by atoms with van der Waals surface area (Å²) in [6.45, 7) is 0.984. The summed E-state index contributed by atoms with van der Waals surface area (Å²) < 4.78 is 93.3. The molecule has 0 N–H and O–H groups in total. The van der Waals surface area contributed by atoms with Gasteiger partial charge in [0.05, 0.1) is 23.4 Å². The van der Waals surface area contributed by atoms with Crippen LogP contribution in [-0.2, 0) is 18.9 Å². The average Bonchev–Trinajstić information content (AvgIpc) is 3.26. The fourth-order valence-corrected chi connectivity index (χ4v) is 3.66. The van der Waals surface area contributed by atoms with Gasteiger partial charge >= 0.3 is 12.4 Å². The summed E-state index contributed by atoms with van der Waals surface area (Å²) in [6.07, 6.45) is -10.1. The largest absolute Gasteiger partial charge is 0.416 e. The molecule has 0 aliphatic carbocycles. The molecule has 7 nitrogen and oxygen atoms in total. The fourth-order valence-electron chi connectivity index (χ4n) is 3.66. The first-order chi connectivity index (χ1) is 16.4. The molecule has 1 aliphatic heterocycles. The number of nitrogens with zero attached hydrogens (tertiary/aromatic N) is 6. The van der Waals surface area contributed by atoms with E-state index in [9.17, 15) is 35.5 Å². The van der Waals surface area contributed by atoms with E-state index in [0.717, 1.165) is 0 Å². The Hall–Kier alpha value is -3.55. The number of amides is 1. The Morgan fingerprint density at radius 1 is 0.857 bits per heavy atom. The van der Waals surface area contributed by atoms with Crippen molar-refractivity contribution in [2.75, 3.05) is 26.2 Å². The molecule has 0 radical (unpaired) electrons. The summed E-state index contributed by atoms with van der Waals surface area (Å²) in [7, 11) is 0. The van der Waals surface area contributed by atoms with Crippen molar-refractivity contribution in [2.45, 2.75) is 18.9 Å². The molecule has 0 unspecified atom stereocenters. The molecule has 3 aromatic rings. The van der Waals surface area contributed by atoms with E-state index >= 15 is 0 Å². The van der Waals surface area contributed by atoms with E-state index in [0.29, 0.717) is 23.6 Å². The Morgan fingerprint density at radius 3 is 1.97 bits per heavy atom. The van der Waals surface area contributed by atoms with Crippen LogP contribution >= 0.6 is 0 Å². The van der Waals surface area contributed by atoms with E-state index in [2.05, 4.69) is 15.5 Å². The molecule has 1 aromatic heterocycles. The van der Waals surface area contributed by atoms with Crippen LogP contribution < -0.4 is 0 Å². The number of piperazine rings is 1. The number of carbonyl (C=O) groups excluding carboxylic acids is 1. The Balaban J connectivity index is 1.45. The molecule has 1 fully saturated rings. The third kappa shape index (κ3) is 5.58. The van der Waals surface area contributed by atoms with E-state index in [1.54, 1.807) is 0 Å². The maximum absolute atomic E-state index is 13.2. The summed E-state index contributed by atoms with van der Waals surface area (Å²) >= 11 is 0. The number of aromatic nitrogens is 4. The molecule has 14 heteroatoms. The predicted molar refractivity (Wildman–Crippen MR) is 107 cm³/mol. The van der Waals surface area contributed by atoms with Gasteiger partial charge in [-0.25, -0.2) is 4.39 Å². The van der Waals surface area contributed by atoms with Gasteiger partial charge in [-0.3, -0.25) is 9.69 Å². The number of hydrogen-bond acceptors (Lipinski definition) is 5. The molecule has 1 aliphatic rings. The van der Waals surface area contributed by atoms with Crippen molar-refractivity contribution in [3.05, 3.63) is 70.8 Å². The molecule has 0 atom stereocenters. The predicted octanol–water partition coefficient (Wildman–Crippen LogP) is 3.80. The zero-order valence-electron chi connectivity index (χ0n) is 17.8. The lowest BCUT2D eigenvalue weighted by Gasteiger charge is -2.34. The number of halogens is 7. The molecule has 4 rings (SSSR count). The Labute approximate surface area is 193 Å². The van der Waals surface area contributed by atoms with Crippen LogP contribution in [0.25, 0.3) is 5.69 Å². The third-order valence-corrected chi connectivity index (χ3v) is 5.46. The minimum absolute atomic E-state index is 0.0139. The lowest BCUT2D eigenvalue weighted by atomic mass is 10.0. The zero-order valence-corrected chi connectivity index (χ0v) is 17.8. The number of alkyl halides is 6. The van der Waals surface area contributed by atoms with Crippen LogP contribution in [0.4, 0.5) is 30.7 Å². The van der Waals surface area contributed by atoms with Gasteiger partial charge in [0, 0.05) is 31.7 Å². The normalized spacial score (nSPS) is 15.5. The standard InChI is InChI=1S/C21H17F7N6O/c22-16-1-3-17(4-2-16)34-18(29-30-31-34)12-32-5-7-33(8-6-32)19(35)13-9-14(20(23,24)25)11-15(10-13)21(26,27)28/h1-4,9-11H,5-8,12H2. The molecule has 2 heterocycles. The van der Waals surface area contributed by atoms with Gasteiger partial charge in [0.25, 0.3) is 5.91 Å². The number of carbonyl (C=O) groups is 1. The quantitative estimate of drug-likeness (QED) is 0.508. The highest BCUT2D eigenvalue weighted by Crippen LogP contribution is 2.36. The monoisotopic (exact) mass is 502 g/mol. The third-order valence-electron chi connectivity index (χ3n) is 5.46. The maximum atomic E-state index is 13.2. The second-order valence-corrected chi connectivity index (χ2v) is 7.85. The number of benzene rings is 2. The van der Waals surface area contributed by atoms with E-state index in [1.165, 1.54) is 33.8 Å². The number of rotatable bonds is 4. The summed E-state index contributed by atoms with van der Waals surface area (Å²) in [6, 6.07) is 6.35. The van der Waals surface area contributed by atoms with Crippen molar-refractivity contribution < 1.29 is 35.5 Å². The molecule has 0 saturated carbocycles. The van der Waals surface area contributed by atoms with Crippen LogP contribution in [0.2, 0.25) is 0 Å². The number of hydrogen-bond donors (Lipinski definition) is 0. The van der Waals surface area contributed by atoms with Gasteiger partial charge in [0.1, 0.15) is 5.82 Å². The Bertz CT molecular complexity index is 1170. The second-order valence-electron chi connectivity index (χ2n) is 7.85. The Kier molecular flexibility index (Phi) is 6.49. The molecular weight excluding hydrogens is 485 g/mol. The summed E-state index contributed by atoms with van der Waals surface area (Å²) in [5, 5.41) is 11.4. The van der Waals surface area contributed by atoms with E-state index in [-0.39, 0.29) is 38.8 Å². The minimum atomic E-state index is -5.04. The topological polar surface area (TPSA) is 67.2 Å². The van der Waals surface area contributed by atoms with Gasteiger partial charge in [-0.15, -0.1) is 5.10 Å². The summed E-state index contributed by atoms with van der Waals surface area (Å²) in [5.41, 5.74) is -3.23. The molecular formula is C21H17F7N6O. The Morgan fingerprint density at radius 2 is 1.43 bits per heavy atom. The zero-order chi connectivity index (χ0) is 25.4. The van der Waals surface area contributed by atoms with Crippen molar-refractivity contribution in [1.29, 1.82) is 0 Å². The molecule has 1 amide bonds. The lowest BCUT2D eigenvalue weighted by Crippen LogP contribution is -2.48. The van der Waals surface area contributed by atoms with Crippen molar-refractivity contribution in [2.24, 2.45) is 0 Å². The van der Waals surface area contributed by atoms with E-state index in [1.807, 2.05) is 4.90 Å². The SMILES string of the molecule is O=C(c1cc(C(F)(F)F)cc(C(F)(F)F)c1)N1CCN(Cc2nnnn2-c2ccc(F)cc2)CC1. The van der Waals surface area contributed by atoms with Gasteiger partial charge in [0.2, 0.25) is 0 Å². The first-order valence-electron chi connectivity index (χ1n) is 10.3. The first-order valence-corrected chi connectivity index (χ1v) is 10.3. The molecule has 0 spiro atoms. The van der Waals surface area contributed by atoms with Gasteiger partial charge < -0.3 is 4.90 Å². The molecule has 35 heavy (non-hydrogen) atoms. The van der Waals surface area contributed by atoms with Gasteiger partial charge in [0.15, 0.2) is 5.82 Å². The van der Waals surface area contributed by atoms with Gasteiger partial charge in [-0.2, -0.15) is 31.0 Å².